The Morgan fingerprint density at radius 2 is 2.14 bits per heavy atom. The van der Waals surface area contributed by atoms with E-state index in [-0.39, 0.29) is 12.5 Å². The first-order valence-corrected chi connectivity index (χ1v) is 8.78. The molecule has 1 amide bonds. The quantitative estimate of drug-likeness (QED) is 0.923. The first-order valence-electron chi connectivity index (χ1n) is 7.90. The summed E-state index contributed by atoms with van der Waals surface area (Å²) in [5.74, 6) is 0.965. The molecule has 1 atom stereocenters. The van der Waals surface area contributed by atoms with Crippen molar-refractivity contribution in [2.24, 2.45) is 5.92 Å². The Bertz CT molecular complexity index is 506. The van der Waals surface area contributed by atoms with Gasteiger partial charge in [0.15, 0.2) is 0 Å². The SMILES string of the molecule is CC1CCc2c(C(=O)N3CCN(CCO)CC3)csc2C1. The Kier molecular flexibility index (Phi) is 4.62. The van der Waals surface area contributed by atoms with E-state index in [9.17, 15) is 4.79 Å². The molecule has 0 aromatic carbocycles. The van der Waals surface area contributed by atoms with Gasteiger partial charge in [-0.2, -0.15) is 0 Å². The van der Waals surface area contributed by atoms with Gasteiger partial charge in [0.25, 0.3) is 5.91 Å². The monoisotopic (exact) mass is 308 g/mol. The number of carbonyl (C=O) groups excluding carboxylic acids is 1. The summed E-state index contributed by atoms with van der Waals surface area (Å²) >= 11 is 1.77. The van der Waals surface area contributed by atoms with Crippen LogP contribution in [0.2, 0.25) is 0 Å². The van der Waals surface area contributed by atoms with E-state index in [1.807, 2.05) is 4.90 Å². The number of amides is 1. The number of fused-ring (bicyclic) bond motifs is 1. The average molecular weight is 308 g/mol. The molecule has 4 nitrogen and oxygen atoms in total. The molecule has 1 saturated heterocycles. The maximum Gasteiger partial charge on any atom is 0.255 e. The lowest BCUT2D eigenvalue weighted by atomic mass is 9.88. The summed E-state index contributed by atoms with van der Waals surface area (Å²) in [5.41, 5.74) is 2.28. The molecular formula is C16H24N2O2S. The largest absolute Gasteiger partial charge is 0.395 e. The van der Waals surface area contributed by atoms with E-state index in [2.05, 4.69) is 17.2 Å². The first kappa shape index (κ1) is 15.0. The molecule has 1 unspecified atom stereocenters. The predicted octanol–water partition coefficient (Wildman–Crippen LogP) is 1.62. The maximum absolute atomic E-state index is 12.7. The highest BCUT2D eigenvalue weighted by molar-refractivity contribution is 7.10. The third-order valence-electron chi connectivity index (χ3n) is 4.71. The molecule has 1 aliphatic heterocycles. The summed E-state index contributed by atoms with van der Waals surface area (Å²) in [6.45, 7) is 6.51. The number of β-amino-alcohol motifs (C(OH)–C–C–N with tert-alkyl or cyclic N) is 1. The van der Waals surface area contributed by atoms with E-state index in [0.29, 0.717) is 6.54 Å². The number of hydrogen-bond acceptors (Lipinski definition) is 4. The molecule has 1 aromatic rings. The molecule has 5 heteroatoms. The van der Waals surface area contributed by atoms with Crippen molar-refractivity contribution in [1.29, 1.82) is 0 Å². The van der Waals surface area contributed by atoms with Crippen molar-refractivity contribution in [3.05, 3.63) is 21.4 Å². The van der Waals surface area contributed by atoms with E-state index in [1.165, 1.54) is 16.9 Å². The van der Waals surface area contributed by atoms with E-state index in [0.717, 1.165) is 50.5 Å². The number of nitrogens with zero attached hydrogens (tertiary/aromatic N) is 2. The fraction of sp³-hybridized carbons (Fsp3) is 0.688. The third-order valence-corrected chi connectivity index (χ3v) is 5.76. The molecule has 1 aliphatic carbocycles. The highest BCUT2D eigenvalue weighted by Crippen LogP contribution is 2.33. The molecule has 21 heavy (non-hydrogen) atoms. The number of aliphatic hydroxyl groups excluding tert-OH is 1. The Balaban J connectivity index is 1.67. The lowest BCUT2D eigenvalue weighted by molar-refractivity contribution is 0.0614. The highest BCUT2D eigenvalue weighted by atomic mass is 32.1. The molecular weight excluding hydrogens is 284 g/mol. The van der Waals surface area contributed by atoms with Gasteiger partial charge < -0.3 is 10.0 Å². The van der Waals surface area contributed by atoms with Crippen molar-refractivity contribution < 1.29 is 9.90 Å². The predicted molar refractivity (Wildman–Crippen MR) is 84.9 cm³/mol. The van der Waals surface area contributed by atoms with Crippen LogP contribution in [0.5, 0.6) is 0 Å². The van der Waals surface area contributed by atoms with Crippen LogP contribution in [0.3, 0.4) is 0 Å². The molecule has 2 aliphatic rings. The smallest absolute Gasteiger partial charge is 0.255 e. The van der Waals surface area contributed by atoms with Gasteiger partial charge in [0.1, 0.15) is 0 Å². The molecule has 1 fully saturated rings. The second-order valence-corrected chi connectivity index (χ2v) is 7.22. The molecule has 3 rings (SSSR count). The van der Waals surface area contributed by atoms with Gasteiger partial charge in [-0.15, -0.1) is 11.3 Å². The highest BCUT2D eigenvalue weighted by Gasteiger charge is 2.27. The number of piperazine rings is 1. The minimum Gasteiger partial charge on any atom is -0.395 e. The van der Waals surface area contributed by atoms with Gasteiger partial charge in [-0.3, -0.25) is 9.69 Å². The van der Waals surface area contributed by atoms with Gasteiger partial charge >= 0.3 is 0 Å². The normalized spacial score (nSPS) is 23.1. The third kappa shape index (κ3) is 3.15. The van der Waals surface area contributed by atoms with Gasteiger partial charge in [0, 0.05) is 43.0 Å². The van der Waals surface area contributed by atoms with Crippen LogP contribution in [0.4, 0.5) is 0 Å². The average Bonchev–Trinajstić information content (AvgIpc) is 2.90. The summed E-state index contributed by atoms with van der Waals surface area (Å²) in [5, 5.41) is 11.1. The maximum atomic E-state index is 12.7. The van der Waals surface area contributed by atoms with Crippen molar-refractivity contribution in [1.82, 2.24) is 9.80 Å². The second kappa shape index (κ2) is 6.46. The van der Waals surface area contributed by atoms with Crippen molar-refractivity contribution in [2.45, 2.75) is 26.2 Å². The number of rotatable bonds is 3. The van der Waals surface area contributed by atoms with Crippen LogP contribution in [0.1, 0.15) is 34.1 Å². The standard InChI is InChI=1S/C16H24N2O2S/c1-12-2-3-13-14(11-21-15(13)10-12)16(20)18-6-4-17(5-7-18)8-9-19/h11-12,19H,2-10H2,1H3. The van der Waals surface area contributed by atoms with Gasteiger partial charge in [0.05, 0.1) is 12.2 Å². The zero-order valence-electron chi connectivity index (χ0n) is 12.7. The lowest BCUT2D eigenvalue weighted by Gasteiger charge is -2.34. The topological polar surface area (TPSA) is 43.8 Å². The summed E-state index contributed by atoms with van der Waals surface area (Å²) in [4.78, 5) is 18.4. The van der Waals surface area contributed by atoms with Crippen molar-refractivity contribution >= 4 is 17.2 Å². The van der Waals surface area contributed by atoms with Gasteiger partial charge in [0.2, 0.25) is 0 Å². The number of hydrogen-bond donors (Lipinski definition) is 1. The summed E-state index contributed by atoms with van der Waals surface area (Å²) in [6.07, 6.45) is 3.40. The van der Waals surface area contributed by atoms with Crippen LogP contribution in [-0.2, 0) is 12.8 Å². The Morgan fingerprint density at radius 3 is 2.86 bits per heavy atom. The Labute approximate surface area is 130 Å². The number of carbonyl (C=O) groups is 1. The summed E-state index contributed by atoms with van der Waals surface area (Å²) in [7, 11) is 0. The zero-order chi connectivity index (χ0) is 14.8. The molecule has 2 heterocycles. The van der Waals surface area contributed by atoms with Crippen LogP contribution in [0.25, 0.3) is 0 Å². The van der Waals surface area contributed by atoms with E-state index < -0.39 is 0 Å². The van der Waals surface area contributed by atoms with Crippen LogP contribution >= 0.6 is 11.3 Å². The Hall–Kier alpha value is -0.910. The lowest BCUT2D eigenvalue weighted by Crippen LogP contribution is -2.49. The van der Waals surface area contributed by atoms with Crippen LogP contribution < -0.4 is 0 Å². The molecule has 1 N–H and O–H groups in total. The fourth-order valence-corrected chi connectivity index (χ4v) is 4.58. The van der Waals surface area contributed by atoms with Crippen molar-refractivity contribution in [2.75, 3.05) is 39.3 Å². The van der Waals surface area contributed by atoms with E-state index in [4.69, 9.17) is 5.11 Å². The van der Waals surface area contributed by atoms with E-state index >= 15 is 0 Å². The minimum atomic E-state index is 0.199. The molecule has 1 aromatic heterocycles. The van der Waals surface area contributed by atoms with Crippen LogP contribution in [0.15, 0.2) is 5.38 Å². The number of thiophene rings is 1. The Morgan fingerprint density at radius 1 is 1.38 bits per heavy atom. The van der Waals surface area contributed by atoms with Gasteiger partial charge in [-0.05, 0) is 30.7 Å². The van der Waals surface area contributed by atoms with Gasteiger partial charge in [-0.1, -0.05) is 6.92 Å². The van der Waals surface area contributed by atoms with Crippen LogP contribution in [0, 0.1) is 5.92 Å². The molecule has 0 bridgehead atoms. The molecule has 116 valence electrons. The van der Waals surface area contributed by atoms with Crippen molar-refractivity contribution in [3.63, 3.8) is 0 Å². The summed E-state index contributed by atoms with van der Waals surface area (Å²) in [6, 6.07) is 0. The molecule has 0 radical (unpaired) electrons. The first-order chi connectivity index (χ1) is 10.2. The second-order valence-electron chi connectivity index (χ2n) is 6.26. The minimum absolute atomic E-state index is 0.199. The summed E-state index contributed by atoms with van der Waals surface area (Å²) < 4.78 is 0. The molecule has 0 spiro atoms. The van der Waals surface area contributed by atoms with Crippen molar-refractivity contribution in [3.8, 4) is 0 Å². The van der Waals surface area contributed by atoms with E-state index in [1.54, 1.807) is 11.3 Å². The van der Waals surface area contributed by atoms with Crippen LogP contribution in [-0.4, -0.2) is 60.1 Å². The molecule has 0 saturated carbocycles. The zero-order valence-corrected chi connectivity index (χ0v) is 13.5. The van der Waals surface area contributed by atoms with Gasteiger partial charge in [-0.25, -0.2) is 0 Å². The fourth-order valence-electron chi connectivity index (χ4n) is 3.34. The number of aliphatic hydroxyl groups is 1.